The van der Waals surface area contributed by atoms with E-state index in [0.717, 1.165) is 60.9 Å². The van der Waals surface area contributed by atoms with Crippen LogP contribution < -0.4 is 4.90 Å². The third kappa shape index (κ3) is 3.40. The lowest BCUT2D eigenvalue weighted by atomic mass is 10.00. The average Bonchev–Trinajstić information content (AvgIpc) is 3.13. The minimum Gasteiger partial charge on any atom is -0.392 e. The number of hydrogen-bond donors (Lipinski definition) is 2. The summed E-state index contributed by atoms with van der Waals surface area (Å²) in [4.78, 5) is 19.0. The van der Waals surface area contributed by atoms with E-state index in [1.54, 1.807) is 6.33 Å². The van der Waals surface area contributed by atoms with Gasteiger partial charge in [0, 0.05) is 32.4 Å². The molecule has 0 spiro atoms. The lowest BCUT2D eigenvalue weighted by molar-refractivity contribution is 0.0685. The van der Waals surface area contributed by atoms with Crippen molar-refractivity contribution in [2.24, 2.45) is 5.92 Å². The molecule has 0 bridgehead atoms. The first-order valence-corrected chi connectivity index (χ1v) is 8.94. The number of aliphatic hydroxyl groups is 1. The van der Waals surface area contributed by atoms with Crippen molar-refractivity contribution in [3.05, 3.63) is 36.2 Å². The van der Waals surface area contributed by atoms with Crippen LogP contribution in [0.4, 0.5) is 5.82 Å². The molecule has 1 aromatic carbocycles. The Morgan fingerprint density at radius 1 is 1.19 bits per heavy atom. The van der Waals surface area contributed by atoms with Gasteiger partial charge in [-0.2, -0.15) is 0 Å². The number of aromatic amines is 1. The molecule has 3 heterocycles. The van der Waals surface area contributed by atoms with Crippen molar-refractivity contribution in [3.63, 3.8) is 0 Å². The molecule has 26 heavy (non-hydrogen) atoms. The number of anilines is 1. The third-order valence-electron chi connectivity index (χ3n) is 4.91. The highest BCUT2D eigenvalue weighted by Crippen LogP contribution is 2.26. The van der Waals surface area contributed by atoms with E-state index in [0.29, 0.717) is 11.6 Å². The molecule has 4 rings (SSSR count). The summed E-state index contributed by atoms with van der Waals surface area (Å²) in [5, 5.41) is 9.19. The molecule has 7 nitrogen and oxygen atoms in total. The molecule has 0 atom stereocenters. The molecule has 1 saturated heterocycles. The van der Waals surface area contributed by atoms with Gasteiger partial charge in [0.2, 0.25) is 0 Å². The Labute approximate surface area is 152 Å². The number of nitrogens with zero attached hydrogens (tertiary/aromatic N) is 4. The molecule has 1 aliphatic heterocycles. The van der Waals surface area contributed by atoms with E-state index in [4.69, 9.17) is 4.74 Å². The highest BCUT2D eigenvalue weighted by Gasteiger charge is 2.19. The molecule has 2 aromatic heterocycles. The van der Waals surface area contributed by atoms with Crippen molar-refractivity contribution in [1.29, 1.82) is 0 Å². The van der Waals surface area contributed by atoms with Crippen LogP contribution in [-0.4, -0.2) is 51.8 Å². The second-order valence-corrected chi connectivity index (χ2v) is 6.77. The molecule has 0 amide bonds. The van der Waals surface area contributed by atoms with Crippen LogP contribution in [0.5, 0.6) is 0 Å². The third-order valence-corrected chi connectivity index (χ3v) is 4.91. The minimum atomic E-state index is 0.0348. The van der Waals surface area contributed by atoms with Crippen LogP contribution in [0.15, 0.2) is 30.6 Å². The fraction of sp³-hybridized carbons (Fsp3) is 0.421. The van der Waals surface area contributed by atoms with Crippen molar-refractivity contribution in [3.8, 4) is 11.4 Å². The molecule has 0 radical (unpaired) electrons. The number of nitrogens with one attached hydrogen (secondary N) is 1. The summed E-state index contributed by atoms with van der Waals surface area (Å²) in [5.41, 5.74) is 3.35. The van der Waals surface area contributed by atoms with Crippen molar-refractivity contribution in [1.82, 2.24) is 19.9 Å². The summed E-state index contributed by atoms with van der Waals surface area (Å²) in [6.07, 6.45) is 3.74. The highest BCUT2D eigenvalue weighted by molar-refractivity contribution is 5.85. The molecule has 2 N–H and O–H groups in total. The molecule has 0 aliphatic carbocycles. The Morgan fingerprint density at radius 3 is 2.69 bits per heavy atom. The zero-order valence-corrected chi connectivity index (χ0v) is 14.9. The molecule has 3 aromatic rings. The molecule has 0 saturated carbocycles. The zero-order valence-electron chi connectivity index (χ0n) is 14.9. The van der Waals surface area contributed by atoms with Gasteiger partial charge in [-0.05, 0) is 24.3 Å². The van der Waals surface area contributed by atoms with E-state index in [2.05, 4.69) is 31.9 Å². The van der Waals surface area contributed by atoms with E-state index in [9.17, 15) is 5.11 Å². The fourth-order valence-electron chi connectivity index (χ4n) is 3.41. The average molecular weight is 353 g/mol. The first-order valence-electron chi connectivity index (χ1n) is 8.94. The van der Waals surface area contributed by atoms with Crippen LogP contribution in [0, 0.1) is 5.92 Å². The molecule has 1 fully saturated rings. The lowest BCUT2D eigenvalue weighted by Gasteiger charge is -2.27. The minimum absolute atomic E-state index is 0.0348. The SMILES string of the molecule is CN(CC1CCOCC1)c1ncnc2nc(-c3ccc(CO)cc3)[nH]c12. The van der Waals surface area contributed by atoms with Crippen molar-refractivity contribution >= 4 is 17.0 Å². The Morgan fingerprint density at radius 2 is 1.96 bits per heavy atom. The Balaban J connectivity index is 1.62. The predicted octanol–water partition coefficient (Wildman–Crippen LogP) is 2.38. The maximum atomic E-state index is 9.19. The highest BCUT2D eigenvalue weighted by atomic mass is 16.5. The molecule has 7 heteroatoms. The summed E-state index contributed by atoms with van der Waals surface area (Å²) < 4.78 is 5.45. The molecular weight excluding hydrogens is 330 g/mol. The topological polar surface area (TPSA) is 87.2 Å². The second kappa shape index (κ2) is 7.39. The van der Waals surface area contributed by atoms with Gasteiger partial charge < -0.3 is 19.7 Å². The van der Waals surface area contributed by atoms with Gasteiger partial charge in [0.05, 0.1) is 6.61 Å². The smallest absolute Gasteiger partial charge is 0.183 e. The van der Waals surface area contributed by atoms with Gasteiger partial charge in [-0.1, -0.05) is 24.3 Å². The summed E-state index contributed by atoms with van der Waals surface area (Å²) >= 11 is 0. The standard InChI is InChI=1S/C19H23N5O2/c1-24(10-13-6-8-26-9-7-13)19-16-18(20-12-21-19)23-17(22-16)15-4-2-14(11-25)3-5-15/h2-5,12-13,25H,6-11H2,1H3,(H,20,21,22,23). The maximum Gasteiger partial charge on any atom is 0.183 e. The van der Waals surface area contributed by atoms with Crippen molar-refractivity contribution < 1.29 is 9.84 Å². The first kappa shape index (κ1) is 16.9. The number of H-pyrrole nitrogens is 1. The summed E-state index contributed by atoms with van der Waals surface area (Å²) in [5.74, 6) is 2.24. The quantitative estimate of drug-likeness (QED) is 0.732. The lowest BCUT2D eigenvalue weighted by Crippen LogP contribution is -2.30. The number of benzene rings is 1. The molecule has 1 aliphatic rings. The Hall–Kier alpha value is -2.51. The van der Waals surface area contributed by atoms with Gasteiger partial charge in [-0.15, -0.1) is 0 Å². The van der Waals surface area contributed by atoms with Gasteiger partial charge in [-0.3, -0.25) is 0 Å². The van der Waals surface area contributed by atoms with E-state index in [1.165, 1.54) is 0 Å². The van der Waals surface area contributed by atoms with Gasteiger partial charge in [0.1, 0.15) is 17.7 Å². The van der Waals surface area contributed by atoms with Crippen LogP contribution in [0.2, 0.25) is 0 Å². The number of rotatable bonds is 5. The predicted molar refractivity (Wildman–Crippen MR) is 99.9 cm³/mol. The van der Waals surface area contributed by atoms with E-state index in [-0.39, 0.29) is 6.61 Å². The largest absolute Gasteiger partial charge is 0.392 e. The van der Waals surface area contributed by atoms with E-state index < -0.39 is 0 Å². The van der Waals surface area contributed by atoms with Gasteiger partial charge in [-0.25, -0.2) is 15.0 Å². The van der Waals surface area contributed by atoms with Crippen LogP contribution in [0.1, 0.15) is 18.4 Å². The van der Waals surface area contributed by atoms with Crippen LogP contribution in [0.25, 0.3) is 22.6 Å². The number of fused-ring (bicyclic) bond motifs is 1. The number of aromatic nitrogens is 4. The van der Waals surface area contributed by atoms with Crippen molar-refractivity contribution in [2.45, 2.75) is 19.4 Å². The summed E-state index contributed by atoms with van der Waals surface area (Å²) in [6.45, 7) is 2.66. The van der Waals surface area contributed by atoms with Gasteiger partial charge in [0.25, 0.3) is 0 Å². The van der Waals surface area contributed by atoms with E-state index in [1.807, 2.05) is 24.3 Å². The normalized spacial score (nSPS) is 15.5. The van der Waals surface area contributed by atoms with Crippen LogP contribution >= 0.6 is 0 Å². The van der Waals surface area contributed by atoms with Crippen molar-refractivity contribution in [2.75, 3.05) is 31.7 Å². The Kier molecular flexibility index (Phi) is 4.81. The van der Waals surface area contributed by atoms with Crippen LogP contribution in [-0.2, 0) is 11.3 Å². The number of imidazole rings is 1. The van der Waals surface area contributed by atoms with E-state index >= 15 is 0 Å². The fourth-order valence-corrected chi connectivity index (χ4v) is 3.41. The number of hydrogen-bond acceptors (Lipinski definition) is 6. The van der Waals surface area contributed by atoms with Crippen LogP contribution in [0.3, 0.4) is 0 Å². The monoisotopic (exact) mass is 353 g/mol. The summed E-state index contributed by atoms with van der Waals surface area (Å²) in [6, 6.07) is 7.68. The first-order chi connectivity index (χ1) is 12.7. The second-order valence-electron chi connectivity index (χ2n) is 6.77. The number of ether oxygens (including phenoxy) is 1. The van der Waals surface area contributed by atoms with Gasteiger partial charge in [0.15, 0.2) is 11.5 Å². The maximum absolute atomic E-state index is 9.19. The van der Waals surface area contributed by atoms with Gasteiger partial charge >= 0.3 is 0 Å². The molecule has 0 unspecified atom stereocenters. The number of aliphatic hydroxyl groups excluding tert-OH is 1. The molecule has 136 valence electrons. The molecular formula is C19H23N5O2. The summed E-state index contributed by atoms with van der Waals surface area (Å²) in [7, 11) is 2.06. The Bertz CT molecular complexity index is 871. The zero-order chi connectivity index (χ0) is 17.9.